The van der Waals surface area contributed by atoms with Crippen LogP contribution in [0.1, 0.15) is 44.4 Å². The van der Waals surface area contributed by atoms with Crippen LogP contribution in [0.15, 0.2) is 77.7 Å². The Morgan fingerprint density at radius 1 is 0.923 bits per heavy atom. The second-order valence-electron chi connectivity index (χ2n) is 10.7. The summed E-state index contributed by atoms with van der Waals surface area (Å²) in [4.78, 5) is 28.6. The predicted octanol–water partition coefficient (Wildman–Crippen LogP) is 5.48. The Hall–Kier alpha value is -3.36. The van der Waals surface area contributed by atoms with Crippen LogP contribution in [0.5, 0.6) is 0 Å². The molecule has 3 aromatic carbocycles. The van der Waals surface area contributed by atoms with Crippen molar-refractivity contribution in [2.24, 2.45) is 0 Å². The van der Waals surface area contributed by atoms with Crippen LogP contribution < -0.4 is 9.62 Å². The first kappa shape index (κ1) is 30.2. The molecule has 3 rings (SSSR count). The number of carbonyl (C=O) groups is 2. The number of rotatable bonds is 9. The number of benzene rings is 3. The van der Waals surface area contributed by atoms with Gasteiger partial charge in [0, 0.05) is 17.1 Å². The second kappa shape index (κ2) is 12.2. The van der Waals surface area contributed by atoms with E-state index in [1.165, 1.54) is 17.0 Å². The molecular weight excluding hydrogens is 534 g/mol. The van der Waals surface area contributed by atoms with Crippen LogP contribution in [-0.4, -0.2) is 43.3 Å². The van der Waals surface area contributed by atoms with Crippen molar-refractivity contribution < 1.29 is 18.0 Å². The predicted molar refractivity (Wildman–Crippen MR) is 156 cm³/mol. The van der Waals surface area contributed by atoms with Gasteiger partial charge in [0.25, 0.3) is 10.0 Å². The molecular formula is C30H36ClN3O4S. The van der Waals surface area contributed by atoms with Crippen molar-refractivity contribution in [1.29, 1.82) is 0 Å². The molecule has 1 N–H and O–H groups in total. The zero-order chi connectivity index (χ0) is 29.0. The molecule has 0 heterocycles. The van der Waals surface area contributed by atoms with E-state index >= 15 is 0 Å². The van der Waals surface area contributed by atoms with E-state index < -0.39 is 34.1 Å². The van der Waals surface area contributed by atoms with Gasteiger partial charge in [-0.2, -0.15) is 0 Å². The van der Waals surface area contributed by atoms with E-state index in [0.717, 1.165) is 21.0 Å². The van der Waals surface area contributed by atoms with E-state index in [9.17, 15) is 18.0 Å². The average molecular weight is 570 g/mol. The number of hydrogen-bond acceptors (Lipinski definition) is 4. The highest BCUT2D eigenvalue weighted by Crippen LogP contribution is 2.26. The summed E-state index contributed by atoms with van der Waals surface area (Å²) in [6, 6.07) is 19.6. The number of amides is 2. The van der Waals surface area contributed by atoms with E-state index in [4.69, 9.17) is 11.6 Å². The quantitative estimate of drug-likeness (QED) is 0.369. The van der Waals surface area contributed by atoms with Gasteiger partial charge in [-0.3, -0.25) is 13.9 Å². The maximum atomic E-state index is 13.9. The summed E-state index contributed by atoms with van der Waals surface area (Å²) in [5.74, 6) is -0.855. The summed E-state index contributed by atoms with van der Waals surface area (Å²) in [5, 5.41) is 3.46. The monoisotopic (exact) mass is 569 g/mol. The van der Waals surface area contributed by atoms with Gasteiger partial charge in [-0.05, 0) is 89.1 Å². The van der Waals surface area contributed by atoms with E-state index in [1.54, 1.807) is 61.5 Å². The molecule has 0 unspecified atom stereocenters. The smallest absolute Gasteiger partial charge is 0.264 e. The molecule has 1 atom stereocenters. The molecule has 0 fully saturated rings. The molecule has 0 saturated heterocycles. The number of halogens is 1. The highest BCUT2D eigenvalue weighted by molar-refractivity contribution is 7.92. The molecule has 0 aliphatic heterocycles. The molecule has 0 radical (unpaired) electrons. The molecule has 0 saturated carbocycles. The van der Waals surface area contributed by atoms with Crippen molar-refractivity contribution >= 4 is 39.1 Å². The van der Waals surface area contributed by atoms with E-state index in [-0.39, 0.29) is 17.3 Å². The molecule has 0 bridgehead atoms. The molecule has 7 nitrogen and oxygen atoms in total. The Kier molecular flexibility index (Phi) is 9.46. The second-order valence-corrected chi connectivity index (χ2v) is 13.0. The Morgan fingerprint density at radius 3 is 2.10 bits per heavy atom. The number of sulfonamides is 1. The summed E-state index contributed by atoms with van der Waals surface area (Å²) < 4.78 is 28.8. The normalized spacial score (nSPS) is 12.5. The fourth-order valence-electron chi connectivity index (χ4n) is 3.99. The van der Waals surface area contributed by atoms with Crippen LogP contribution in [0.4, 0.5) is 5.69 Å². The third-order valence-corrected chi connectivity index (χ3v) is 8.15. The highest BCUT2D eigenvalue weighted by Gasteiger charge is 2.33. The third kappa shape index (κ3) is 8.07. The summed E-state index contributed by atoms with van der Waals surface area (Å²) in [6.45, 7) is 10.6. The molecule has 39 heavy (non-hydrogen) atoms. The SMILES string of the molecule is Cc1ccc(S(=O)(=O)N(CC(=O)N(Cc2ccc(Cl)cc2)[C@H](C)C(=O)NC(C)(C)C)c2cccc(C)c2)cc1. The average Bonchev–Trinajstić information content (AvgIpc) is 2.85. The Labute approximate surface area is 236 Å². The van der Waals surface area contributed by atoms with Crippen LogP contribution in [0.2, 0.25) is 5.02 Å². The molecule has 2 amide bonds. The van der Waals surface area contributed by atoms with Crippen molar-refractivity contribution in [2.75, 3.05) is 10.8 Å². The van der Waals surface area contributed by atoms with Gasteiger partial charge >= 0.3 is 0 Å². The van der Waals surface area contributed by atoms with Crippen LogP contribution in [0.25, 0.3) is 0 Å². The zero-order valence-electron chi connectivity index (χ0n) is 23.2. The van der Waals surface area contributed by atoms with Crippen molar-refractivity contribution in [3.63, 3.8) is 0 Å². The fraction of sp³-hybridized carbons (Fsp3) is 0.333. The minimum atomic E-state index is -4.10. The van der Waals surface area contributed by atoms with Crippen molar-refractivity contribution in [2.45, 2.75) is 64.6 Å². The lowest BCUT2D eigenvalue weighted by molar-refractivity contribution is -0.140. The van der Waals surface area contributed by atoms with Crippen molar-refractivity contribution in [3.05, 3.63) is 94.5 Å². The van der Waals surface area contributed by atoms with Crippen LogP contribution in [-0.2, 0) is 26.2 Å². The summed E-state index contributed by atoms with van der Waals surface area (Å²) in [7, 11) is -4.10. The lowest BCUT2D eigenvalue weighted by atomic mass is 10.1. The first-order valence-corrected chi connectivity index (χ1v) is 14.5. The van der Waals surface area contributed by atoms with E-state index in [2.05, 4.69) is 5.32 Å². The van der Waals surface area contributed by atoms with Gasteiger partial charge in [-0.25, -0.2) is 8.42 Å². The number of hydrogen-bond donors (Lipinski definition) is 1. The Morgan fingerprint density at radius 2 is 1.54 bits per heavy atom. The zero-order valence-corrected chi connectivity index (χ0v) is 24.8. The molecule has 0 aromatic heterocycles. The maximum absolute atomic E-state index is 13.9. The number of aryl methyl sites for hydroxylation is 2. The Bertz CT molecular complexity index is 1420. The van der Waals surface area contributed by atoms with Crippen LogP contribution in [0.3, 0.4) is 0 Å². The van der Waals surface area contributed by atoms with Gasteiger partial charge in [0.05, 0.1) is 10.6 Å². The Balaban J connectivity index is 2.03. The summed E-state index contributed by atoms with van der Waals surface area (Å²) in [6.07, 6.45) is 0. The lowest BCUT2D eigenvalue weighted by Crippen LogP contribution is -2.54. The third-order valence-electron chi connectivity index (χ3n) is 6.11. The number of nitrogens with one attached hydrogen (secondary N) is 1. The molecule has 0 spiro atoms. The number of anilines is 1. The topological polar surface area (TPSA) is 86.8 Å². The fourth-order valence-corrected chi connectivity index (χ4v) is 5.52. The van der Waals surface area contributed by atoms with Gasteiger partial charge < -0.3 is 10.2 Å². The molecule has 208 valence electrons. The largest absolute Gasteiger partial charge is 0.350 e. The van der Waals surface area contributed by atoms with Gasteiger partial charge in [0.1, 0.15) is 12.6 Å². The number of nitrogens with zero attached hydrogens (tertiary/aromatic N) is 2. The molecule has 0 aliphatic rings. The van der Waals surface area contributed by atoms with Gasteiger partial charge in [-0.15, -0.1) is 0 Å². The van der Waals surface area contributed by atoms with Crippen molar-refractivity contribution in [3.8, 4) is 0 Å². The standard InChI is InChI=1S/C30H36ClN3O4S/c1-21-10-16-27(17-11-21)39(37,38)34(26-9-7-8-22(2)18-26)20-28(35)33(19-24-12-14-25(31)15-13-24)23(3)29(36)32-30(4,5)6/h7-18,23H,19-20H2,1-6H3,(H,32,36)/t23-/m1/s1. The molecule has 0 aliphatic carbocycles. The summed E-state index contributed by atoms with van der Waals surface area (Å²) >= 11 is 6.05. The van der Waals surface area contributed by atoms with Gasteiger partial charge in [0.2, 0.25) is 11.8 Å². The first-order valence-electron chi connectivity index (χ1n) is 12.7. The van der Waals surface area contributed by atoms with Gasteiger partial charge in [0.15, 0.2) is 0 Å². The summed E-state index contributed by atoms with van der Waals surface area (Å²) in [5.41, 5.74) is 2.37. The van der Waals surface area contributed by atoms with Crippen molar-refractivity contribution in [1.82, 2.24) is 10.2 Å². The van der Waals surface area contributed by atoms with E-state index in [1.807, 2.05) is 40.7 Å². The molecule has 9 heteroatoms. The van der Waals surface area contributed by atoms with Crippen LogP contribution in [0, 0.1) is 13.8 Å². The van der Waals surface area contributed by atoms with E-state index in [0.29, 0.717) is 10.7 Å². The molecule has 3 aromatic rings. The minimum Gasteiger partial charge on any atom is -0.350 e. The van der Waals surface area contributed by atoms with Crippen LogP contribution >= 0.6 is 11.6 Å². The maximum Gasteiger partial charge on any atom is 0.264 e. The number of carbonyl (C=O) groups excluding carboxylic acids is 2. The first-order chi connectivity index (χ1) is 18.2. The minimum absolute atomic E-state index is 0.0742. The lowest BCUT2D eigenvalue weighted by Gasteiger charge is -2.33. The highest BCUT2D eigenvalue weighted by atomic mass is 35.5. The van der Waals surface area contributed by atoms with Gasteiger partial charge in [-0.1, -0.05) is 53.6 Å².